The molecule has 1 aliphatic rings. The summed E-state index contributed by atoms with van der Waals surface area (Å²) in [5.41, 5.74) is 0.967. The van der Waals surface area contributed by atoms with Gasteiger partial charge in [0.1, 0.15) is 17.5 Å². The maximum Gasteiger partial charge on any atom is 0.191 e. The minimum absolute atomic E-state index is 0. The van der Waals surface area contributed by atoms with Gasteiger partial charge in [-0.1, -0.05) is 12.1 Å². The average molecular weight is 534 g/mol. The van der Waals surface area contributed by atoms with Gasteiger partial charge in [-0.2, -0.15) is 0 Å². The van der Waals surface area contributed by atoms with Gasteiger partial charge >= 0.3 is 0 Å². The summed E-state index contributed by atoms with van der Waals surface area (Å²) in [6, 6.07) is 9.27. The van der Waals surface area contributed by atoms with Crippen LogP contribution in [0.2, 0.25) is 0 Å². The number of hydrogen-bond donors (Lipinski definition) is 3. The fraction of sp³-hybridized carbons (Fsp3) is 0.381. The van der Waals surface area contributed by atoms with Crippen molar-refractivity contribution in [2.24, 2.45) is 4.99 Å². The molecule has 164 valence electrons. The molecule has 3 N–H and O–H groups in total. The quantitative estimate of drug-likeness (QED) is 0.302. The third-order valence-electron chi connectivity index (χ3n) is 4.80. The van der Waals surface area contributed by atoms with Gasteiger partial charge < -0.3 is 20.6 Å². The standard InChI is InChI=1S/C21H25F3N4O.HI/c1-2-25-21(26-12-20(29)14-3-5-15(22)6-4-14)27-17-9-10-28(13-17)19-8-7-16(23)11-18(19)24;/h3-8,11,17,20,29H,2,9-10,12-13H2,1H3,(H2,25,26,27);1H. The van der Waals surface area contributed by atoms with Crippen molar-refractivity contribution in [3.8, 4) is 0 Å². The highest BCUT2D eigenvalue weighted by atomic mass is 127. The van der Waals surface area contributed by atoms with Gasteiger partial charge in [0.25, 0.3) is 0 Å². The number of benzene rings is 2. The van der Waals surface area contributed by atoms with Crippen molar-refractivity contribution >= 4 is 35.6 Å². The first-order chi connectivity index (χ1) is 14.0. The summed E-state index contributed by atoms with van der Waals surface area (Å²) in [4.78, 5) is 6.28. The van der Waals surface area contributed by atoms with E-state index in [1.54, 1.807) is 0 Å². The molecular formula is C21H26F3IN4O. The summed E-state index contributed by atoms with van der Waals surface area (Å²) < 4.78 is 40.2. The Balaban J connectivity index is 0.00000320. The largest absolute Gasteiger partial charge is 0.386 e. The molecule has 1 fully saturated rings. The average Bonchev–Trinajstić information content (AvgIpc) is 3.14. The zero-order valence-electron chi connectivity index (χ0n) is 16.6. The van der Waals surface area contributed by atoms with E-state index >= 15 is 0 Å². The first-order valence-corrected chi connectivity index (χ1v) is 9.64. The molecule has 2 unspecified atom stereocenters. The number of hydrogen-bond acceptors (Lipinski definition) is 3. The molecular weight excluding hydrogens is 508 g/mol. The normalized spacial score (nSPS) is 17.4. The van der Waals surface area contributed by atoms with E-state index in [1.807, 2.05) is 11.8 Å². The molecule has 0 bridgehead atoms. The lowest BCUT2D eigenvalue weighted by Crippen LogP contribution is -2.44. The van der Waals surface area contributed by atoms with Crippen molar-refractivity contribution in [3.63, 3.8) is 0 Å². The second kappa shape index (κ2) is 11.4. The lowest BCUT2D eigenvalue weighted by molar-refractivity contribution is 0.187. The van der Waals surface area contributed by atoms with Crippen LogP contribution in [-0.4, -0.2) is 43.3 Å². The minimum atomic E-state index is -0.848. The van der Waals surface area contributed by atoms with Crippen molar-refractivity contribution in [1.29, 1.82) is 0 Å². The van der Waals surface area contributed by atoms with E-state index in [9.17, 15) is 18.3 Å². The lowest BCUT2D eigenvalue weighted by atomic mass is 10.1. The van der Waals surface area contributed by atoms with E-state index in [2.05, 4.69) is 15.6 Å². The zero-order chi connectivity index (χ0) is 20.8. The summed E-state index contributed by atoms with van der Waals surface area (Å²) in [5.74, 6) is -0.988. The zero-order valence-corrected chi connectivity index (χ0v) is 18.9. The van der Waals surface area contributed by atoms with Gasteiger partial charge in [-0.25, -0.2) is 13.2 Å². The second-order valence-corrected chi connectivity index (χ2v) is 6.96. The third-order valence-corrected chi connectivity index (χ3v) is 4.80. The summed E-state index contributed by atoms with van der Waals surface area (Å²) in [6.07, 6.45) is -0.0821. The summed E-state index contributed by atoms with van der Waals surface area (Å²) in [5, 5.41) is 16.7. The van der Waals surface area contributed by atoms with Gasteiger partial charge in [-0.15, -0.1) is 24.0 Å². The SMILES string of the molecule is CCNC(=NCC(O)c1ccc(F)cc1)NC1CCN(c2ccc(F)cc2F)C1.I. The minimum Gasteiger partial charge on any atom is -0.386 e. The van der Waals surface area contributed by atoms with Gasteiger partial charge in [0.15, 0.2) is 5.96 Å². The molecule has 5 nitrogen and oxygen atoms in total. The summed E-state index contributed by atoms with van der Waals surface area (Å²) in [7, 11) is 0. The van der Waals surface area contributed by atoms with Crippen LogP contribution in [0.1, 0.15) is 25.0 Å². The number of aliphatic hydroxyl groups excluding tert-OH is 1. The second-order valence-electron chi connectivity index (χ2n) is 6.96. The molecule has 0 saturated carbocycles. The highest BCUT2D eigenvalue weighted by molar-refractivity contribution is 14.0. The Morgan fingerprint density at radius 1 is 1.17 bits per heavy atom. The van der Waals surface area contributed by atoms with Crippen LogP contribution in [0.25, 0.3) is 0 Å². The van der Waals surface area contributed by atoms with Gasteiger partial charge in [0.2, 0.25) is 0 Å². The number of nitrogens with zero attached hydrogens (tertiary/aromatic N) is 2. The van der Waals surface area contributed by atoms with E-state index in [1.165, 1.54) is 36.4 Å². The van der Waals surface area contributed by atoms with Crippen LogP contribution in [0.5, 0.6) is 0 Å². The Kier molecular flexibility index (Phi) is 9.22. The fourth-order valence-electron chi connectivity index (χ4n) is 3.32. The highest BCUT2D eigenvalue weighted by Gasteiger charge is 2.25. The van der Waals surface area contributed by atoms with Crippen LogP contribution >= 0.6 is 24.0 Å². The van der Waals surface area contributed by atoms with Crippen LogP contribution in [0, 0.1) is 17.5 Å². The molecule has 2 aromatic carbocycles. The van der Waals surface area contributed by atoms with Gasteiger partial charge in [0, 0.05) is 31.7 Å². The Morgan fingerprint density at radius 2 is 1.87 bits per heavy atom. The molecule has 1 saturated heterocycles. The number of halogens is 4. The first kappa shape index (κ1) is 24.3. The maximum absolute atomic E-state index is 14.0. The van der Waals surface area contributed by atoms with Crippen molar-refractivity contribution in [1.82, 2.24) is 10.6 Å². The Hall–Kier alpha value is -2.01. The third kappa shape index (κ3) is 6.49. The number of aliphatic imine (C=N–C) groups is 1. The molecule has 0 aliphatic carbocycles. The molecule has 1 aliphatic heterocycles. The van der Waals surface area contributed by atoms with Crippen molar-refractivity contribution in [2.45, 2.75) is 25.5 Å². The van der Waals surface area contributed by atoms with E-state index < -0.39 is 17.7 Å². The van der Waals surface area contributed by atoms with Crippen LogP contribution in [0.15, 0.2) is 47.5 Å². The Bertz CT molecular complexity index is 851. The van der Waals surface area contributed by atoms with Crippen LogP contribution in [0.4, 0.5) is 18.9 Å². The number of anilines is 1. The van der Waals surface area contributed by atoms with E-state index in [-0.39, 0.29) is 42.4 Å². The molecule has 9 heteroatoms. The van der Waals surface area contributed by atoms with Crippen molar-refractivity contribution in [3.05, 3.63) is 65.5 Å². The number of guanidine groups is 1. The number of nitrogens with one attached hydrogen (secondary N) is 2. The highest BCUT2D eigenvalue weighted by Crippen LogP contribution is 2.24. The van der Waals surface area contributed by atoms with E-state index in [0.29, 0.717) is 36.8 Å². The fourth-order valence-corrected chi connectivity index (χ4v) is 3.32. The van der Waals surface area contributed by atoms with E-state index in [4.69, 9.17) is 0 Å². The topological polar surface area (TPSA) is 59.9 Å². The molecule has 2 aromatic rings. The smallest absolute Gasteiger partial charge is 0.191 e. The monoisotopic (exact) mass is 534 g/mol. The molecule has 30 heavy (non-hydrogen) atoms. The predicted molar refractivity (Wildman–Crippen MR) is 123 cm³/mol. The number of rotatable bonds is 6. The molecule has 0 radical (unpaired) electrons. The molecule has 0 spiro atoms. The van der Waals surface area contributed by atoms with Gasteiger partial charge in [0.05, 0.1) is 18.3 Å². The molecule has 0 amide bonds. The predicted octanol–water partition coefficient (Wildman–Crippen LogP) is 3.59. The van der Waals surface area contributed by atoms with Crippen molar-refractivity contribution < 1.29 is 18.3 Å². The van der Waals surface area contributed by atoms with Gasteiger partial charge in [-0.3, -0.25) is 4.99 Å². The first-order valence-electron chi connectivity index (χ1n) is 9.64. The maximum atomic E-state index is 14.0. The summed E-state index contributed by atoms with van der Waals surface area (Å²) in [6.45, 7) is 3.87. The molecule has 3 rings (SSSR count). The van der Waals surface area contributed by atoms with Gasteiger partial charge in [-0.05, 0) is 43.2 Å². The van der Waals surface area contributed by atoms with Crippen molar-refractivity contribution in [2.75, 3.05) is 31.1 Å². The molecule has 0 aromatic heterocycles. The Labute approximate surface area is 191 Å². The molecule has 2 atom stereocenters. The van der Waals surface area contributed by atoms with Crippen LogP contribution < -0.4 is 15.5 Å². The summed E-state index contributed by atoms with van der Waals surface area (Å²) >= 11 is 0. The Morgan fingerprint density at radius 3 is 2.53 bits per heavy atom. The van der Waals surface area contributed by atoms with E-state index in [0.717, 1.165) is 12.5 Å². The lowest BCUT2D eigenvalue weighted by Gasteiger charge is -2.21. The van der Waals surface area contributed by atoms with Crippen LogP contribution in [-0.2, 0) is 0 Å². The molecule has 1 heterocycles. The number of aliphatic hydroxyl groups is 1. The van der Waals surface area contributed by atoms with Crippen LogP contribution in [0.3, 0.4) is 0 Å².